The molecule has 2 aromatic rings. The van der Waals surface area contributed by atoms with Gasteiger partial charge in [-0.05, 0) is 48.2 Å². The zero-order valence-electron chi connectivity index (χ0n) is 12.7. The first-order valence-electron chi connectivity index (χ1n) is 7.22. The van der Waals surface area contributed by atoms with E-state index in [1.54, 1.807) is 6.07 Å². The van der Waals surface area contributed by atoms with E-state index in [4.69, 9.17) is 11.6 Å². The summed E-state index contributed by atoms with van der Waals surface area (Å²) in [4.78, 5) is 0. The van der Waals surface area contributed by atoms with Crippen molar-refractivity contribution in [3.05, 3.63) is 70.0 Å². The topological polar surface area (TPSA) is 12.0 Å². The van der Waals surface area contributed by atoms with E-state index >= 15 is 0 Å². The van der Waals surface area contributed by atoms with Gasteiger partial charge in [0.15, 0.2) is 0 Å². The summed E-state index contributed by atoms with van der Waals surface area (Å²) in [5.41, 5.74) is 3.47. The van der Waals surface area contributed by atoms with Gasteiger partial charge in [0.25, 0.3) is 0 Å². The van der Waals surface area contributed by atoms with Gasteiger partial charge in [-0.2, -0.15) is 0 Å². The number of hydrogen-bond acceptors (Lipinski definition) is 1. The first kappa shape index (κ1) is 16.0. The second kappa shape index (κ2) is 7.06. The van der Waals surface area contributed by atoms with Crippen LogP contribution in [0.4, 0.5) is 4.39 Å². The third-order valence-corrected chi connectivity index (χ3v) is 4.09. The summed E-state index contributed by atoms with van der Waals surface area (Å²) in [6, 6.07) is 13.7. The van der Waals surface area contributed by atoms with Crippen LogP contribution < -0.4 is 5.32 Å². The van der Waals surface area contributed by atoms with E-state index < -0.39 is 0 Å². The molecule has 0 saturated heterocycles. The van der Waals surface area contributed by atoms with Crippen molar-refractivity contribution in [1.29, 1.82) is 0 Å². The van der Waals surface area contributed by atoms with Crippen molar-refractivity contribution >= 4 is 11.6 Å². The lowest BCUT2D eigenvalue weighted by Crippen LogP contribution is -2.19. The Morgan fingerprint density at radius 2 is 1.67 bits per heavy atom. The fourth-order valence-corrected chi connectivity index (χ4v) is 2.51. The van der Waals surface area contributed by atoms with Crippen LogP contribution in [0.1, 0.15) is 42.5 Å². The van der Waals surface area contributed by atoms with Gasteiger partial charge in [0, 0.05) is 6.04 Å². The molecule has 2 rings (SSSR count). The standard InChI is InChI=1S/C18H21ClFN/c1-12(2)14-6-4-13(5-7-14)10-18(21-3)15-8-9-16(19)17(20)11-15/h4-9,11-12,18,21H,10H2,1-3H3. The van der Waals surface area contributed by atoms with Crippen LogP contribution in [0.5, 0.6) is 0 Å². The lowest BCUT2D eigenvalue weighted by molar-refractivity contribution is 0.577. The number of likely N-dealkylation sites (N-methyl/N-ethyl adjacent to an activating group) is 1. The maximum atomic E-state index is 13.6. The van der Waals surface area contributed by atoms with Crippen molar-refractivity contribution in [1.82, 2.24) is 5.32 Å². The Hall–Kier alpha value is -1.38. The second-order valence-electron chi connectivity index (χ2n) is 5.62. The highest BCUT2D eigenvalue weighted by atomic mass is 35.5. The lowest BCUT2D eigenvalue weighted by Gasteiger charge is -2.17. The molecule has 0 aromatic heterocycles. The van der Waals surface area contributed by atoms with Crippen LogP contribution in [-0.4, -0.2) is 7.05 Å². The normalized spacial score (nSPS) is 12.7. The lowest BCUT2D eigenvalue weighted by atomic mass is 9.96. The third kappa shape index (κ3) is 4.05. The third-order valence-electron chi connectivity index (χ3n) is 3.78. The molecule has 0 amide bonds. The first-order valence-corrected chi connectivity index (χ1v) is 7.60. The molecule has 1 nitrogen and oxygen atoms in total. The van der Waals surface area contributed by atoms with Gasteiger partial charge in [-0.1, -0.05) is 55.8 Å². The Bertz CT molecular complexity index is 593. The largest absolute Gasteiger partial charge is 0.313 e. The molecule has 1 unspecified atom stereocenters. The van der Waals surface area contributed by atoms with E-state index in [-0.39, 0.29) is 16.9 Å². The summed E-state index contributed by atoms with van der Waals surface area (Å²) < 4.78 is 13.6. The molecule has 3 heteroatoms. The van der Waals surface area contributed by atoms with Crippen molar-refractivity contribution in [2.24, 2.45) is 0 Å². The molecule has 0 aliphatic rings. The van der Waals surface area contributed by atoms with Crippen molar-refractivity contribution < 1.29 is 4.39 Å². The predicted octanol–water partition coefficient (Wildman–Crippen LogP) is 5.11. The van der Waals surface area contributed by atoms with Gasteiger partial charge < -0.3 is 5.32 Å². The second-order valence-corrected chi connectivity index (χ2v) is 6.02. The summed E-state index contributed by atoms with van der Waals surface area (Å²) in [5.74, 6) is 0.161. The highest BCUT2D eigenvalue weighted by molar-refractivity contribution is 6.30. The Kier molecular flexibility index (Phi) is 5.38. The molecule has 112 valence electrons. The molecule has 0 fully saturated rings. The minimum atomic E-state index is -0.371. The number of nitrogens with one attached hydrogen (secondary N) is 1. The summed E-state index contributed by atoms with van der Waals surface area (Å²) in [5, 5.41) is 3.40. The maximum absolute atomic E-state index is 13.6. The van der Waals surface area contributed by atoms with Crippen LogP contribution in [0.25, 0.3) is 0 Å². The van der Waals surface area contributed by atoms with E-state index in [1.807, 2.05) is 13.1 Å². The fraction of sp³-hybridized carbons (Fsp3) is 0.333. The smallest absolute Gasteiger partial charge is 0.142 e. The average molecular weight is 306 g/mol. The van der Waals surface area contributed by atoms with Gasteiger partial charge in [-0.15, -0.1) is 0 Å². The van der Waals surface area contributed by atoms with E-state index in [9.17, 15) is 4.39 Å². The van der Waals surface area contributed by atoms with Gasteiger partial charge in [0.2, 0.25) is 0 Å². The number of benzene rings is 2. The summed E-state index contributed by atoms with van der Waals surface area (Å²) in [6.07, 6.45) is 0.815. The number of rotatable bonds is 5. The molecule has 0 aliphatic heterocycles. The van der Waals surface area contributed by atoms with Gasteiger partial charge in [0.1, 0.15) is 5.82 Å². The molecule has 0 spiro atoms. The Morgan fingerprint density at radius 3 is 2.19 bits per heavy atom. The van der Waals surface area contributed by atoms with Crippen LogP contribution in [0, 0.1) is 5.82 Å². The molecule has 21 heavy (non-hydrogen) atoms. The monoisotopic (exact) mass is 305 g/mol. The van der Waals surface area contributed by atoms with Gasteiger partial charge in [-0.3, -0.25) is 0 Å². The zero-order chi connectivity index (χ0) is 15.4. The quantitative estimate of drug-likeness (QED) is 0.810. The minimum absolute atomic E-state index is 0.0710. The number of hydrogen-bond donors (Lipinski definition) is 1. The van der Waals surface area contributed by atoms with Gasteiger partial charge >= 0.3 is 0 Å². The molecular weight excluding hydrogens is 285 g/mol. The molecule has 2 aromatic carbocycles. The molecule has 0 aliphatic carbocycles. The van der Waals surface area contributed by atoms with E-state index in [0.29, 0.717) is 5.92 Å². The molecule has 0 saturated carbocycles. The minimum Gasteiger partial charge on any atom is -0.313 e. The molecule has 1 N–H and O–H groups in total. The van der Waals surface area contributed by atoms with Gasteiger partial charge in [-0.25, -0.2) is 4.39 Å². The Morgan fingerprint density at radius 1 is 1.05 bits per heavy atom. The summed E-state index contributed by atoms with van der Waals surface area (Å²) >= 11 is 5.74. The van der Waals surface area contributed by atoms with Crippen LogP contribution in [0.2, 0.25) is 5.02 Å². The van der Waals surface area contributed by atoms with Crippen LogP contribution in [-0.2, 0) is 6.42 Å². The average Bonchev–Trinajstić information content (AvgIpc) is 2.48. The molecule has 0 radical (unpaired) electrons. The highest BCUT2D eigenvalue weighted by Gasteiger charge is 2.12. The molecular formula is C18H21ClFN. The highest BCUT2D eigenvalue weighted by Crippen LogP contribution is 2.24. The van der Waals surface area contributed by atoms with Crippen molar-refractivity contribution in [2.75, 3.05) is 7.05 Å². The van der Waals surface area contributed by atoms with Crippen LogP contribution in [0.15, 0.2) is 42.5 Å². The van der Waals surface area contributed by atoms with Crippen molar-refractivity contribution in [2.45, 2.75) is 32.2 Å². The van der Waals surface area contributed by atoms with E-state index in [2.05, 4.69) is 43.4 Å². The molecule has 1 atom stereocenters. The number of halogens is 2. The van der Waals surface area contributed by atoms with Crippen molar-refractivity contribution in [3.63, 3.8) is 0 Å². The predicted molar refractivity (Wildman–Crippen MR) is 87.4 cm³/mol. The summed E-state index contributed by atoms with van der Waals surface area (Å²) in [7, 11) is 1.89. The van der Waals surface area contributed by atoms with Gasteiger partial charge in [0.05, 0.1) is 5.02 Å². The SMILES string of the molecule is CNC(Cc1ccc(C(C)C)cc1)c1ccc(Cl)c(F)c1. The van der Waals surface area contributed by atoms with E-state index in [1.165, 1.54) is 17.2 Å². The zero-order valence-corrected chi connectivity index (χ0v) is 13.4. The maximum Gasteiger partial charge on any atom is 0.142 e. The van der Waals surface area contributed by atoms with Crippen LogP contribution >= 0.6 is 11.6 Å². The Balaban J connectivity index is 2.16. The van der Waals surface area contributed by atoms with Crippen molar-refractivity contribution in [3.8, 4) is 0 Å². The van der Waals surface area contributed by atoms with E-state index in [0.717, 1.165) is 12.0 Å². The van der Waals surface area contributed by atoms with Crippen LogP contribution in [0.3, 0.4) is 0 Å². The molecule has 0 bridgehead atoms. The Labute approximate surface area is 131 Å². The molecule has 0 heterocycles. The first-order chi connectivity index (χ1) is 10.0. The fourth-order valence-electron chi connectivity index (χ4n) is 2.39. The summed E-state index contributed by atoms with van der Waals surface area (Å²) in [6.45, 7) is 4.36.